The largest absolute Gasteiger partial charge is 0.375 e. The molecule has 0 saturated heterocycles. The molecule has 1 aromatic carbocycles. The van der Waals surface area contributed by atoms with Crippen LogP contribution in [0.3, 0.4) is 0 Å². The molecule has 0 spiro atoms. The van der Waals surface area contributed by atoms with Crippen molar-refractivity contribution in [2.24, 2.45) is 5.73 Å². The first-order chi connectivity index (χ1) is 12.5. The van der Waals surface area contributed by atoms with Gasteiger partial charge in [-0.1, -0.05) is 6.07 Å². The Labute approximate surface area is 157 Å². The summed E-state index contributed by atoms with van der Waals surface area (Å²) in [5.41, 5.74) is 6.36. The summed E-state index contributed by atoms with van der Waals surface area (Å²) in [6, 6.07) is 6.93. The molecule has 6 nitrogen and oxygen atoms in total. The zero-order valence-electron chi connectivity index (χ0n) is 15.1. The summed E-state index contributed by atoms with van der Waals surface area (Å²) in [5.74, 6) is 0.887. The second-order valence-electron chi connectivity index (χ2n) is 7.32. The predicted molar refractivity (Wildman–Crippen MR) is 107 cm³/mol. The lowest BCUT2D eigenvalue weighted by Crippen LogP contribution is -2.36. The number of fused-ring (bicyclic) bond motifs is 3. The third kappa shape index (κ3) is 3.27. The minimum atomic E-state index is -0.975. The fourth-order valence-electron chi connectivity index (χ4n) is 3.85. The molecule has 1 saturated carbocycles. The van der Waals surface area contributed by atoms with Crippen molar-refractivity contribution < 1.29 is 5.11 Å². The van der Waals surface area contributed by atoms with Crippen LogP contribution in [0.5, 0.6) is 0 Å². The van der Waals surface area contributed by atoms with Gasteiger partial charge in [-0.15, -0.1) is 11.3 Å². The van der Waals surface area contributed by atoms with Crippen molar-refractivity contribution in [3.05, 3.63) is 30.1 Å². The van der Waals surface area contributed by atoms with E-state index in [0.29, 0.717) is 17.6 Å². The van der Waals surface area contributed by atoms with E-state index in [9.17, 15) is 5.11 Å². The lowest BCUT2D eigenvalue weighted by Gasteiger charge is -2.33. The number of thiophene rings is 1. The summed E-state index contributed by atoms with van der Waals surface area (Å²) in [4.78, 5) is 12.3. The van der Waals surface area contributed by atoms with Crippen molar-refractivity contribution in [1.29, 1.82) is 0 Å². The SMILES string of the molecule is CN(C)[C@H]1CC[C@H](Nc2ncnc3sc4ccc(C(N)O)cc4c23)CC1. The molecule has 1 atom stereocenters. The Morgan fingerprint density at radius 2 is 2.00 bits per heavy atom. The molecule has 1 aliphatic rings. The number of aliphatic hydroxyl groups excluding tert-OH is 1. The van der Waals surface area contributed by atoms with Crippen molar-refractivity contribution in [3.8, 4) is 0 Å². The van der Waals surface area contributed by atoms with Crippen LogP contribution in [0.2, 0.25) is 0 Å². The number of hydrogen-bond acceptors (Lipinski definition) is 7. The highest BCUT2D eigenvalue weighted by molar-refractivity contribution is 7.25. The van der Waals surface area contributed by atoms with Gasteiger partial charge in [0.2, 0.25) is 0 Å². The summed E-state index contributed by atoms with van der Waals surface area (Å²) in [5, 5.41) is 15.5. The van der Waals surface area contributed by atoms with Gasteiger partial charge in [0.1, 0.15) is 23.2 Å². The van der Waals surface area contributed by atoms with Crippen molar-refractivity contribution in [3.63, 3.8) is 0 Å². The van der Waals surface area contributed by atoms with E-state index in [1.165, 1.54) is 12.8 Å². The molecule has 0 aliphatic heterocycles. The van der Waals surface area contributed by atoms with Gasteiger partial charge in [0.05, 0.1) is 5.39 Å². The Bertz CT molecular complexity index is 915. The quantitative estimate of drug-likeness (QED) is 0.611. The van der Waals surface area contributed by atoms with Crippen LogP contribution in [0.15, 0.2) is 24.5 Å². The Balaban J connectivity index is 1.67. The van der Waals surface area contributed by atoms with Crippen LogP contribution in [0.4, 0.5) is 5.82 Å². The van der Waals surface area contributed by atoms with Gasteiger partial charge in [-0.3, -0.25) is 0 Å². The van der Waals surface area contributed by atoms with E-state index in [1.54, 1.807) is 17.7 Å². The van der Waals surface area contributed by atoms with Crippen LogP contribution in [-0.2, 0) is 0 Å². The molecule has 3 aromatic rings. The van der Waals surface area contributed by atoms with Crippen molar-refractivity contribution in [2.75, 3.05) is 19.4 Å². The third-order valence-corrected chi connectivity index (χ3v) is 6.48. The number of nitrogens with zero attached hydrogens (tertiary/aromatic N) is 3. The van der Waals surface area contributed by atoms with E-state index < -0.39 is 6.23 Å². The minimum absolute atomic E-state index is 0.433. The van der Waals surface area contributed by atoms with E-state index >= 15 is 0 Å². The smallest absolute Gasteiger partial charge is 0.139 e. The number of aromatic nitrogens is 2. The maximum Gasteiger partial charge on any atom is 0.139 e. The molecule has 0 amide bonds. The number of aliphatic hydroxyl groups is 1. The molecule has 0 bridgehead atoms. The molecule has 138 valence electrons. The summed E-state index contributed by atoms with van der Waals surface area (Å²) >= 11 is 1.64. The van der Waals surface area contributed by atoms with Crippen molar-refractivity contribution >= 4 is 37.5 Å². The first-order valence-electron chi connectivity index (χ1n) is 9.06. The number of anilines is 1. The van der Waals surface area contributed by atoms with E-state index in [-0.39, 0.29) is 0 Å². The highest BCUT2D eigenvalue weighted by Crippen LogP contribution is 2.37. The first-order valence-corrected chi connectivity index (χ1v) is 9.88. The van der Waals surface area contributed by atoms with Gasteiger partial charge >= 0.3 is 0 Å². The van der Waals surface area contributed by atoms with Crippen LogP contribution in [-0.4, -0.2) is 46.2 Å². The fraction of sp³-hybridized carbons (Fsp3) is 0.474. The van der Waals surface area contributed by atoms with Gasteiger partial charge in [-0.05, 0) is 57.5 Å². The summed E-state index contributed by atoms with van der Waals surface area (Å²) in [6.45, 7) is 0. The highest BCUT2D eigenvalue weighted by atomic mass is 32.1. The molecule has 2 aromatic heterocycles. The standard InChI is InChI=1S/C19H25N5OS/c1-24(2)13-6-4-12(5-7-13)23-18-16-14-9-11(17(20)25)3-8-15(14)26-19(16)22-10-21-18/h3,8-10,12-13,17,25H,4-7,20H2,1-2H3,(H,21,22,23)/t12-,13-,17?. The molecule has 1 fully saturated rings. The Morgan fingerprint density at radius 3 is 2.69 bits per heavy atom. The maximum absolute atomic E-state index is 9.72. The van der Waals surface area contributed by atoms with E-state index in [2.05, 4.69) is 34.3 Å². The van der Waals surface area contributed by atoms with Gasteiger partial charge in [0.25, 0.3) is 0 Å². The van der Waals surface area contributed by atoms with Gasteiger partial charge < -0.3 is 21.1 Å². The summed E-state index contributed by atoms with van der Waals surface area (Å²) in [7, 11) is 4.32. The Morgan fingerprint density at radius 1 is 1.23 bits per heavy atom. The Hall–Kier alpha value is -1.80. The summed E-state index contributed by atoms with van der Waals surface area (Å²) < 4.78 is 1.13. The lowest BCUT2D eigenvalue weighted by atomic mass is 9.90. The van der Waals surface area contributed by atoms with Gasteiger partial charge in [-0.25, -0.2) is 9.97 Å². The van der Waals surface area contributed by atoms with E-state index in [4.69, 9.17) is 5.73 Å². The average molecular weight is 372 g/mol. The molecular formula is C19H25N5OS. The van der Waals surface area contributed by atoms with E-state index in [0.717, 1.165) is 39.0 Å². The summed E-state index contributed by atoms with van der Waals surface area (Å²) in [6.07, 6.45) is 5.34. The van der Waals surface area contributed by atoms with E-state index in [1.807, 2.05) is 18.2 Å². The number of benzene rings is 1. The monoisotopic (exact) mass is 371 g/mol. The predicted octanol–water partition coefficient (Wildman–Crippen LogP) is 3.08. The average Bonchev–Trinajstić information content (AvgIpc) is 3.00. The fourth-order valence-corrected chi connectivity index (χ4v) is 4.87. The molecule has 1 unspecified atom stereocenters. The van der Waals surface area contributed by atoms with Crippen LogP contribution in [0, 0.1) is 0 Å². The van der Waals surface area contributed by atoms with Crippen molar-refractivity contribution in [1.82, 2.24) is 14.9 Å². The van der Waals surface area contributed by atoms with Crippen LogP contribution in [0.1, 0.15) is 37.5 Å². The zero-order chi connectivity index (χ0) is 18.3. The minimum Gasteiger partial charge on any atom is -0.375 e. The molecule has 0 radical (unpaired) electrons. The molecule has 4 rings (SSSR count). The van der Waals surface area contributed by atoms with Crippen LogP contribution >= 0.6 is 11.3 Å². The normalized spacial score (nSPS) is 22.2. The molecule has 1 aliphatic carbocycles. The molecular weight excluding hydrogens is 346 g/mol. The van der Waals surface area contributed by atoms with Gasteiger partial charge in [0.15, 0.2) is 0 Å². The number of rotatable bonds is 4. The van der Waals surface area contributed by atoms with Crippen molar-refractivity contribution in [2.45, 2.75) is 44.0 Å². The number of nitrogens with one attached hydrogen (secondary N) is 1. The third-order valence-electron chi connectivity index (χ3n) is 5.40. The molecule has 2 heterocycles. The van der Waals surface area contributed by atoms with Gasteiger partial charge in [-0.2, -0.15) is 0 Å². The first kappa shape index (κ1) is 17.6. The zero-order valence-corrected chi connectivity index (χ0v) is 16.0. The van der Waals surface area contributed by atoms with Crippen LogP contribution in [0.25, 0.3) is 20.3 Å². The lowest BCUT2D eigenvalue weighted by molar-refractivity contribution is 0.186. The molecule has 4 N–H and O–H groups in total. The topological polar surface area (TPSA) is 87.3 Å². The second kappa shape index (κ2) is 7.08. The Kier molecular flexibility index (Phi) is 4.79. The van der Waals surface area contributed by atoms with Crippen LogP contribution < -0.4 is 11.1 Å². The molecule has 26 heavy (non-hydrogen) atoms. The second-order valence-corrected chi connectivity index (χ2v) is 8.35. The number of nitrogens with two attached hydrogens (primary N) is 1. The maximum atomic E-state index is 9.72. The molecule has 7 heteroatoms. The highest BCUT2D eigenvalue weighted by Gasteiger charge is 2.23. The number of hydrogen-bond donors (Lipinski definition) is 3. The van der Waals surface area contributed by atoms with Gasteiger partial charge in [0, 0.05) is 22.2 Å².